The Bertz CT molecular complexity index is 807. The molecular formula is C18H20FN3O4. The fourth-order valence-electron chi connectivity index (χ4n) is 2.37. The van der Waals surface area contributed by atoms with Crippen molar-refractivity contribution in [1.29, 1.82) is 0 Å². The Morgan fingerprint density at radius 3 is 2.54 bits per heavy atom. The van der Waals surface area contributed by atoms with Crippen molar-refractivity contribution in [3.05, 3.63) is 63.5 Å². The van der Waals surface area contributed by atoms with Gasteiger partial charge in [-0.25, -0.2) is 4.39 Å². The molecule has 0 aromatic heterocycles. The molecule has 2 aromatic carbocycles. The molecule has 8 heteroatoms. The third-order valence-electron chi connectivity index (χ3n) is 3.56. The van der Waals surface area contributed by atoms with Gasteiger partial charge in [-0.3, -0.25) is 14.9 Å². The van der Waals surface area contributed by atoms with Gasteiger partial charge in [-0.05, 0) is 44.0 Å². The highest BCUT2D eigenvalue weighted by Gasteiger charge is 2.21. The maximum atomic E-state index is 13.5. The Hall–Kier alpha value is -3.16. The Balaban J connectivity index is 1.98. The Morgan fingerprint density at radius 2 is 1.96 bits per heavy atom. The molecule has 7 nitrogen and oxygen atoms in total. The average molecular weight is 361 g/mol. The Morgan fingerprint density at radius 1 is 1.31 bits per heavy atom. The first kappa shape index (κ1) is 19.2. The first-order valence-corrected chi connectivity index (χ1v) is 8.05. The molecule has 1 amide bonds. The van der Waals surface area contributed by atoms with Crippen LogP contribution in [-0.2, 0) is 6.42 Å². The number of hydrogen-bond acceptors (Lipinski definition) is 5. The van der Waals surface area contributed by atoms with Gasteiger partial charge in [-0.15, -0.1) is 0 Å². The van der Waals surface area contributed by atoms with Crippen LogP contribution in [0.1, 0.15) is 29.8 Å². The normalized spacial score (nSPS) is 10.6. The van der Waals surface area contributed by atoms with Gasteiger partial charge in [0.15, 0.2) is 0 Å². The Kier molecular flexibility index (Phi) is 6.11. The Labute approximate surface area is 150 Å². The van der Waals surface area contributed by atoms with Gasteiger partial charge in [0.2, 0.25) is 0 Å². The maximum Gasteiger partial charge on any atom is 0.295 e. The fraction of sp³-hybridized carbons (Fsp3) is 0.278. The average Bonchev–Trinajstić information content (AvgIpc) is 2.57. The number of benzene rings is 2. The summed E-state index contributed by atoms with van der Waals surface area (Å²) in [5.74, 6) is -0.797. The van der Waals surface area contributed by atoms with Crippen molar-refractivity contribution in [3.8, 4) is 5.75 Å². The number of ether oxygens (including phenoxy) is 1. The molecule has 0 spiro atoms. The second-order valence-corrected chi connectivity index (χ2v) is 5.96. The van der Waals surface area contributed by atoms with Gasteiger partial charge in [0, 0.05) is 6.54 Å². The maximum absolute atomic E-state index is 13.5. The number of hydrogen-bond donors (Lipinski definition) is 2. The molecule has 138 valence electrons. The number of amides is 1. The van der Waals surface area contributed by atoms with Crippen LogP contribution in [-0.4, -0.2) is 23.5 Å². The number of nitro groups is 1. The molecule has 0 saturated carbocycles. The number of nitrogens with one attached hydrogen (secondary N) is 1. The summed E-state index contributed by atoms with van der Waals surface area (Å²) in [6.07, 6.45) is 0.617. The number of rotatable bonds is 7. The van der Waals surface area contributed by atoms with E-state index in [0.717, 1.165) is 17.4 Å². The van der Waals surface area contributed by atoms with Crippen molar-refractivity contribution in [2.24, 2.45) is 0 Å². The van der Waals surface area contributed by atoms with E-state index in [9.17, 15) is 19.3 Å². The molecule has 0 bridgehead atoms. The molecule has 0 atom stereocenters. The molecule has 0 heterocycles. The minimum Gasteiger partial charge on any atom is -0.491 e. The van der Waals surface area contributed by atoms with Crippen LogP contribution in [0.3, 0.4) is 0 Å². The van der Waals surface area contributed by atoms with E-state index in [1.54, 1.807) is 0 Å². The van der Waals surface area contributed by atoms with Crippen molar-refractivity contribution in [2.45, 2.75) is 26.4 Å². The first-order valence-electron chi connectivity index (χ1n) is 8.05. The van der Waals surface area contributed by atoms with Crippen LogP contribution in [0.2, 0.25) is 0 Å². The van der Waals surface area contributed by atoms with Crippen LogP contribution < -0.4 is 15.8 Å². The van der Waals surface area contributed by atoms with Gasteiger partial charge >= 0.3 is 0 Å². The van der Waals surface area contributed by atoms with Gasteiger partial charge < -0.3 is 15.8 Å². The zero-order valence-electron chi connectivity index (χ0n) is 14.5. The third-order valence-corrected chi connectivity index (χ3v) is 3.56. The third kappa shape index (κ3) is 4.92. The number of nitro benzene ring substituents is 1. The second kappa shape index (κ2) is 8.28. The van der Waals surface area contributed by atoms with Crippen molar-refractivity contribution >= 4 is 17.3 Å². The van der Waals surface area contributed by atoms with E-state index in [1.807, 2.05) is 38.1 Å². The predicted molar refractivity (Wildman–Crippen MR) is 95.7 cm³/mol. The van der Waals surface area contributed by atoms with Crippen LogP contribution in [0.5, 0.6) is 5.75 Å². The summed E-state index contributed by atoms with van der Waals surface area (Å²) in [5, 5.41) is 13.4. The molecular weight excluding hydrogens is 341 g/mol. The molecule has 2 aromatic rings. The molecule has 0 unspecified atom stereocenters. The van der Waals surface area contributed by atoms with Crippen molar-refractivity contribution < 1.29 is 18.8 Å². The standard InChI is InChI=1S/C18H20FN3O4/c1-11(2)26-14-5-3-12(4-6-14)7-8-21-18(23)15-9-13(19)10-16(17(15)20)22(24)25/h3-6,9-11H,7-8,20H2,1-2H3,(H,21,23). The summed E-state index contributed by atoms with van der Waals surface area (Å²) in [4.78, 5) is 22.2. The van der Waals surface area contributed by atoms with Gasteiger partial charge in [0.25, 0.3) is 11.6 Å². The number of carbonyl (C=O) groups excluding carboxylic acids is 1. The lowest BCUT2D eigenvalue weighted by Crippen LogP contribution is -2.27. The molecule has 2 rings (SSSR count). The number of nitrogen functional groups attached to an aromatic ring is 1. The minimum atomic E-state index is -0.892. The molecule has 0 fully saturated rings. The van der Waals surface area contributed by atoms with Crippen molar-refractivity contribution in [3.63, 3.8) is 0 Å². The zero-order chi connectivity index (χ0) is 19.3. The predicted octanol–water partition coefficient (Wildman–Crippen LogP) is 3.08. The van der Waals surface area contributed by atoms with E-state index in [1.165, 1.54) is 0 Å². The smallest absolute Gasteiger partial charge is 0.295 e. The monoisotopic (exact) mass is 361 g/mol. The topological polar surface area (TPSA) is 107 Å². The second-order valence-electron chi connectivity index (χ2n) is 5.96. The molecule has 0 radical (unpaired) electrons. The van der Waals surface area contributed by atoms with E-state index < -0.39 is 22.3 Å². The van der Waals surface area contributed by atoms with Gasteiger partial charge in [-0.1, -0.05) is 12.1 Å². The van der Waals surface area contributed by atoms with Crippen molar-refractivity contribution in [2.75, 3.05) is 12.3 Å². The summed E-state index contributed by atoms with van der Waals surface area (Å²) < 4.78 is 19.0. The summed E-state index contributed by atoms with van der Waals surface area (Å²) in [6, 6.07) is 9.01. The van der Waals surface area contributed by atoms with Crippen LogP contribution in [0.25, 0.3) is 0 Å². The highest BCUT2D eigenvalue weighted by molar-refractivity contribution is 6.01. The zero-order valence-corrected chi connectivity index (χ0v) is 14.5. The van der Waals surface area contributed by atoms with E-state index in [2.05, 4.69) is 5.32 Å². The van der Waals surface area contributed by atoms with Gasteiger partial charge in [0.1, 0.15) is 17.3 Å². The van der Waals surface area contributed by atoms with Gasteiger partial charge in [0.05, 0.1) is 22.7 Å². The van der Waals surface area contributed by atoms with E-state index in [4.69, 9.17) is 10.5 Å². The van der Waals surface area contributed by atoms with Crippen LogP contribution in [0.15, 0.2) is 36.4 Å². The first-order chi connectivity index (χ1) is 12.3. The molecule has 0 aliphatic heterocycles. The quantitative estimate of drug-likeness (QED) is 0.448. The molecule has 0 saturated heterocycles. The SMILES string of the molecule is CC(C)Oc1ccc(CCNC(=O)c2cc(F)cc([N+](=O)[O-])c2N)cc1. The largest absolute Gasteiger partial charge is 0.491 e. The molecule has 0 aliphatic carbocycles. The van der Waals surface area contributed by atoms with Crippen LogP contribution in [0, 0.1) is 15.9 Å². The number of nitrogens with zero attached hydrogens (tertiary/aromatic N) is 1. The van der Waals surface area contributed by atoms with Crippen LogP contribution >= 0.6 is 0 Å². The number of halogens is 1. The van der Waals surface area contributed by atoms with Crippen LogP contribution in [0.4, 0.5) is 15.8 Å². The van der Waals surface area contributed by atoms with E-state index in [0.29, 0.717) is 12.5 Å². The fourth-order valence-corrected chi connectivity index (χ4v) is 2.37. The number of carbonyl (C=O) groups is 1. The minimum absolute atomic E-state index is 0.0842. The van der Waals surface area contributed by atoms with Crippen molar-refractivity contribution in [1.82, 2.24) is 5.32 Å². The number of anilines is 1. The molecule has 3 N–H and O–H groups in total. The lowest BCUT2D eigenvalue weighted by atomic mass is 10.1. The lowest BCUT2D eigenvalue weighted by molar-refractivity contribution is -0.384. The van der Waals surface area contributed by atoms with E-state index in [-0.39, 0.29) is 23.9 Å². The lowest BCUT2D eigenvalue weighted by Gasteiger charge is -2.11. The summed E-state index contributed by atoms with van der Waals surface area (Å²) >= 11 is 0. The van der Waals surface area contributed by atoms with Gasteiger partial charge in [-0.2, -0.15) is 0 Å². The molecule has 0 aliphatic rings. The summed E-state index contributed by atoms with van der Waals surface area (Å²) in [7, 11) is 0. The molecule has 26 heavy (non-hydrogen) atoms. The van der Waals surface area contributed by atoms with E-state index >= 15 is 0 Å². The highest BCUT2D eigenvalue weighted by atomic mass is 19.1. The highest BCUT2D eigenvalue weighted by Crippen LogP contribution is 2.26. The number of nitrogens with two attached hydrogens (primary N) is 1. The summed E-state index contributed by atoms with van der Waals surface area (Å²) in [6.45, 7) is 4.14. The summed E-state index contributed by atoms with van der Waals surface area (Å²) in [5.41, 5.74) is 5.34.